The molecule has 0 unspecified atom stereocenters. The molecule has 10 heteroatoms. The second-order valence-electron chi connectivity index (χ2n) is 7.06. The van der Waals surface area contributed by atoms with Crippen molar-refractivity contribution in [2.45, 2.75) is 6.92 Å². The molecule has 0 amide bonds. The van der Waals surface area contributed by atoms with Gasteiger partial charge in [-0.3, -0.25) is 4.79 Å². The number of carbonyl (C=O) groups is 4. The molecule has 0 aromatic heterocycles. The third-order valence-corrected chi connectivity index (χ3v) is 4.39. The van der Waals surface area contributed by atoms with Gasteiger partial charge < -0.3 is 28.4 Å². The average Bonchev–Trinajstić information content (AvgIpc) is 2.86. The summed E-state index contributed by atoms with van der Waals surface area (Å²) < 4.78 is 30.5. The number of methoxy groups -OCH3 is 3. The Morgan fingerprint density at radius 3 is 1.58 bits per heavy atom. The number of carbonyl (C=O) groups excluding carboxylic acids is 4. The van der Waals surface area contributed by atoms with Crippen LogP contribution in [0.15, 0.2) is 48.6 Å². The number of benzene rings is 2. The van der Waals surface area contributed by atoms with Crippen molar-refractivity contribution in [1.82, 2.24) is 0 Å². The molecule has 0 fully saturated rings. The highest BCUT2D eigenvalue weighted by atomic mass is 16.6. The first-order valence-corrected chi connectivity index (χ1v) is 10.6. The monoisotopic (exact) mass is 498 g/mol. The summed E-state index contributed by atoms with van der Waals surface area (Å²) in [6.45, 7) is 0.395. The number of hydrogen-bond donors (Lipinski definition) is 0. The first-order valence-electron chi connectivity index (χ1n) is 10.6. The maximum absolute atomic E-state index is 12.1. The summed E-state index contributed by atoms with van der Waals surface area (Å²) in [5.74, 6) is -1.33. The Kier molecular flexibility index (Phi) is 10.9. The van der Waals surface area contributed by atoms with Crippen LogP contribution in [0.25, 0.3) is 12.2 Å². The van der Waals surface area contributed by atoms with E-state index < -0.39 is 31.1 Å². The second kappa shape index (κ2) is 14.1. The molecule has 0 spiro atoms. The van der Waals surface area contributed by atoms with Gasteiger partial charge in [-0.05, 0) is 54.5 Å². The topological polar surface area (TPSA) is 124 Å². The van der Waals surface area contributed by atoms with E-state index >= 15 is 0 Å². The lowest BCUT2D eigenvalue weighted by Gasteiger charge is -2.11. The van der Waals surface area contributed by atoms with Crippen LogP contribution < -0.4 is 18.9 Å². The van der Waals surface area contributed by atoms with Crippen LogP contribution in [-0.2, 0) is 28.7 Å². The van der Waals surface area contributed by atoms with Crippen molar-refractivity contribution >= 4 is 35.8 Å². The molecule has 0 saturated carbocycles. The van der Waals surface area contributed by atoms with Crippen molar-refractivity contribution in [2.24, 2.45) is 0 Å². The Hall–Kier alpha value is -4.44. The zero-order valence-electron chi connectivity index (χ0n) is 20.3. The lowest BCUT2D eigenvalue weighted by molar-refractivity contribution is -0.145. The Morgan fingerprint density at radius 2 is 1.17 bits per heavy atom. The van der Waals surface area contributed by atoms with Crippen LogP contribution in [0.2, 0.25) is 0 Å². The number of ether oxygens (including phenoxy) is 6. The second-order valence-corrected chi connectivity index (χ2v) is 7.06. The maximum Gasteiger partial charge on any atom is 0.337 e. The maximum atomic E-state index is 12.1. The molecule has 0 aliphatic heterocycles. The van der Waals surface area contributed by atoms with E-state index in [1.165, 1.54) is 58.6 Å². The number of rotatable bonds is 12. The molecule has 2 aromatic rings. The zero-order valence-corrected chi connectivity index (χ0v) is 20.3. The van der Waals surface area contributed by atoms with Gasteiger partial charge in [0.05, 0.1) is 21.3 Å². The van der Waals surface area contributed by atoms with Gasteiger partial charge in [-0.1, -0.05) is 18.2 Å². The molecule has 0 N–H and O–H groups in total. The summed E-state index contributed by atoms with van der Waals surface area (Å²) in [5, 5.41) is 0. The van der Waals surface area contributed by atoms with E-state index in [9.17, 15) is 19.2 Å². The number of esters is 3. The lowest BCUT2D eigenvalue weighted by atomic mass is 10.2. The van der Waals surface area contributed by atoms with Gasteiger partial charge in [-0.25, -0.2) is 14.4 Å². The molecule has 0 heterocycles. The van der Waals surface area contributed by atoms with Crippen molar-refractivity contribution in [2.75, 3.05) is 34.5 Å². The molecule has 10 nitrogen and oxygen atoms in total. The normalized spacial score (nSPS) is 10.8. The number of allylic oxidation sites excluding steroid dienone is 1. The molecule has 36 heavy (non-hydrogen) atoms. The van der Waals surface area contributed by atoms with Crippen LogP contribution in [0.4, 0.5) is 0 Å². The zero-order chi connectivity index (χ0) is 26.5. The van der Waals surface area contributed by atoms with E-state index in [0.29, 0.717) is 11.1 Å². The van der Waals surface area contributed by atoms with Crippen LogP contribution >= 0.6 is 0 Å². The summed E-state index contributed by atoms with van der Waals surface area (Å²) >= 11 is 0. The van der Waals surface area contributed by atoms with Gasteiger partial charge in [0.15, 0.2) is 28.8 Å². The van der Waals surface area contributed by atoms with E-state index in [-0.39, 0.29) is 28.8 Å². The minimum Gasteiger partial charge on any atom is -0.493 e. The van der Waals surface area contributed by atoms with Crippen molar-refractivity contribution in [3.05, 3.63) is 59.7 Å². The highest BCUT2D eigenvalue weighted by Gasteiger charge is 2.14. The Bertz CT molecular complexity index is 1160. The quantitative estimate of drug-likeness (QED) is 0.245. The molecular formula is C26H26O10. The van der Waals surface area contributed by atoms with E-state index in [1.807, 2.05) is 0 Å². The van der Waals surface area contributed by atoms with E-state index in [0.717, 1.165) is 0 Å². The first-order chi connectivity index (χ1) is 17.2. The largest absolute Gasteiger partial charge is 0.493 e. The molecular weight excluding hydrogens is 472 g/mol. The van der Waals surface area contributed by atoms with Gasteiger partial charge in [0.2, 0.25) is 0 Å². The van der Waals surface area contributed by atoms with Crippen LogP contribution in [0.3, 0.4) is 0 Å². The van der Waals surface area contributed by atoms with E-state index in [2.05, 4.69) is 4.74 Å². The van der Waals surface area contributed by atoms with Crippen molar-refractivity contribution < 1.29 is 47.6 Å². The Labute approximate surface area is 208 Å². The van der Waals surface area contributed by atoms with Gasteiger partial charge in [0.1, 0.15) is 13.2 Å². The summed E-state index contributed by atoms with van der Waals surface area (Å²) in [6.07, 6.45) is 5.76. The SMILES string of the molecule is COC(=O)/C=C/c1ccc(OC(=O)COCC(=O)Oc2ccc(/C=C/C(C)=O)cc2OC)c(OC)c1. The van der Waals surface area contributed by atoms with Crippen LogP contribution in [0.1, 0.15) is 18.1 Å². The molecule has 2 aromatic carbocycles. The minimum absolute atomic E-state index is 0.108. The molecule has 0 radical (unpaired) electrons. The van der Waals surface area contributed by atoms with Gasteiger partial charge in [-0.2, -0.15) is 0 Å². The summed E-state index contributed by atoms with van der Waals surface area (Å²) in [6, 6.07) is 9.42. The minimum atomic E-state index is -0.766. The van der Waals surface area contributed by atoms with Crippen LogP contribution in [0, 0.1) is 0 Å². The molecule has 0 aliphatic rings. The summed E-state index contributed by atoms with van der Waals surface area (Å²) in [7, 11) is 4.07. The molecule has 2 rings (SSSR count). The van der Waals surface area contributed by atoms with Crippen molar-refractivity contribution in [3.63, 3.8) is 0 Å². The summed E-state index contributed by atoms with van der Waals surface area (Å²) in [5.41, 5.74) is 1.30. The molecule has 0 bridgehead atoms. The van der Waals surface area contributed by atoms with Gasteiger partial charge in [-0.15, -0.1) is 0 Å². The number of hydrogen-bond acceptors (Lipinski definition) is 10. The molecule has 0 aliphatic carbocycles. The summed E-state index contributed by atoms with van der Waals surface area (Å²) in [4.78, 5) is 46.5. The Morgan fingerprint density at radius 1 is 0.694 bits per heavy atom. The molecule has 0 atom stereocenters. The Balaban J connectivity index is 1.89. The fourth-order valence-corrected chi connectivity index (χ4v) is 2.71. The first kappa shape index (κ1) is 27.8. The predicted molar refractivity (Wildman–Crippen MR) is 129 cm³/mol. The third-order valence-electron chi connectivity index (χ3n) is 4.39. The predicted octanol–water partition coefficient (Wildman–Crippen LogP) is 3.02. The van der Waals surface area contributed by atoms with Crippen molar-refractivity contribution in [1.29, 1.82) is 0 Å². The third kappa shape index (κ3) is 9.07. The number of ketones is 1. The highest BCUT2D eigenvalue weighted by Crippen LogP contribution is 2.30. The smallest absolute Gasteiger partial charge is 0.337 e. The van der Waals surface area contributed by atoms with Crippen LogP contribution in [0.5, 0.6) is 23.0 Å². The fourth-order valence-electron chi connectivity index (χ4n) is 2.71. The van der Waals surface area contributed by atoms with Gasteiger partial charge in [0.25, 0.3) is 0 Å². The standard InChI is InChI=1S/C26H26O10/c1-17(27)5-6-18-7-10-20(22(13-18)31-2)35-25(29)15-34-16-26(30)36-21-11-8-19(14-23(21)32-3)9-12-24(28)33-4/h5-14H,15-16H2,1-4H3/b6-5+,12-9+. The molecule has 0 saturated heterocycles. The van der Waals surface area contributed by atoms with E-state index in [4.69, 9.17) is 23.7 Å². The molecule has 190 valence electrons. The lowest BCUT2D eigenvalue weighted by Crippen LogP contribution is -2.21. The highest BCUT2D eigenvalue weighted by molar-refractivity contribution is 5.91. The average molecular weight is 498 g/mol. The van der Waals surface area contributed by atoms with Crippen LogP contribution in [-0.4, -0.2) is 58.2 Å². The fraction of sp³-hybridized carbons (Fsp3) is 0.231. The van der Waals surface area contributed by atoms with Gasteiger partial charge in [0, 0.05) is 6.08 Å². The van der Waals surface area contributed by atoms with Gasteiger partial charge >= 0.3 is 17.9 Å². The van der Waals surface area contributed by atoms with Crippen molar-refractivity contribution in [3.8, 4) is 23.0 Å². The van der Waals surface area contributed by atoms with E-state index in [1.54, 1.807) is 30.3 Å².